The number of carbonyl (C=O) groups excluding carboxylic acids is 1. The number of nitrogens with zero attached hydrogens (tertiary/aromatic N) is 2. The van der Waals surface area contributed by atoms with E-state index in [2.05, 4.69) is 16.4 Å². The van der Waals surface area contributed by atoms with Crippen LogP contribution in [0.15, 0.2) is 66.9 Å². The minimum atomic E-state index is -0.204. The van der Waals surface area contributed by atoms with Gasteiger partial charge in [0, 0.05) is 30.5 Å². The average molecular weight is 375 g/mol. The number of pyridine rings is 1. The lowest BCUT2D eigenvalue weighted by atomic mass is 10.0. The third-order valence-corrected chi connectivity index (χ3v) is 5.02. The largest absolute Gasteiger partial charge is 0.370 e. The normalized spacial score (nSPS) is 13.1. The molecule has 1 aliphatic heterocycles. The second kappa shape index (κ2) is 8.21. The van der Waals surface area contributed by atoms with Crippen molar-refractivity contribution in [3.63, 3.8) is 0 Å². The van der Waals surface area contributed by atoms with Crippen LogP contribution in [0, 0.1) is 5.82 Å². The van der Waals surface area contributed by atoms with Gasteiger partial charge in [-0.1, -0.05) is 36.4 Å². The zero-order valence-corrected chi connectivity index (χ0v) is 15.6. The lowest BCUT2D eigenvalue weighted by Gasteiger charge is -2.29. The van der Waals surface area contributed by atoms with Crippen LogP contribution in [-0.2, 0) is 12.8 Å². The first-order chi connectivity index (χ1) is 13.7. The SMILES string of the molecule is O=C(c1ccnc(NCCc2ccccc2F)c1)N1CCCc2ccccc21. The number of halogens is 1. The minimum Gasteiger partial charge on any atom is -0.370 e. The van der Waals surface area contributed by atoms with Crippen molar-refractivity contribution in [1.82, 2.24) is 4.98 Å². The Bertz CT molecular complexity index is 989. The molecule has 0 aliphatic carbocycles. The lowest BCUT2D eigenvalue weighted by Crippen LogP contribution is -2.35. The van der Waals surface area contributed by atoms with Gasteiger partial charge in [0.1, 0.15) is 11.6 Å². The molecule has 4 rings (SSSR count). The molecule has 0 unspecified atom stereocenters. The molecule has 0 atom stereocenters. The van der Waals surface area contributed by atoms with Crippen molar-refractivity contribution in [2.24, 2.45) is 0 Å². The summed E-state index contributed by atoms with van der Waals surface area (Å²) in [5.41, 5.74) is 3.45. The molecule has 1 aliphatic rings. The van der Waals surface area contributed by atoms with Crippen LogP contribution in [0.2, 0.25) is 0 Å². The molecule has 28 heavy (non-hydrogen) atoms. The fraction of sp³-hybridized carbons (Fsp3) is 0.217. The molecular formula is C23H22FN3O. The van der Waals surface area contributed by atoms with Crippen LogP contribution in [0.4, 0.5) is 15.9 Å². The van der Waals surface area contributed by atoms with Gasteiger partial charge in [0.25, 0.3) is 5.91 Å². The van der Waals surface area contributed by atoms with Gasteiger partial charge in [-0.2, -0.15) is 0 Å². The van der Waals surface area contributed by atoms with Gasteiger partial charge in [0.05, 0.1) is 0 Å². The summed E-state index contributed by atoms with van der Waals surface area (Å²) in [5.74, 6) is 0.393. The Kier molecular flexibility index (Phi) is 5.33. The molecule has 2 heterocycles. The molecule has 5 heteroatoms. The van der Waals surface area contributed by atoms with Crippen molar-refractivity contribution in [3.05, 3.63) is 89.4 Å². The Morgan fingerprint density at radius 3 is 2.82 bits per heavy atom. The molecule has 2 aromatic carbocycles. The Morgan fingerprint density at radius 1 is 1.11 bits per heavy atom. The first kappa shape index (κ1) is 18.2. The summed E-state index contributed by atoms with van der Waals surface area (Å²) in [6, 6.07) is 18.3. The molecule has 0 bridgehead atoms. The fourth-order valence-electron chi connectivity index (χ4n) is 3.59. The van der Waals surface area contributed by atoms with E-state index in [0.717, 1.165) is 18.5 Å². The number of aryl methyl sites for hydroxylation is 1. The van der Waals surface area contributed by atoms with E-state index >= 15 is 0 Å². The van der Waals surface area contributed by atoms with Gasteiger partial charge in [-0.15, -0.1) is 0 Å². The van der Waals surface area contributed by atoms with E-state index in [0.29, 0.717) is 36.5 Å². The maximum atomic E-state index is 13.7. The number of hydrogen-bond donors (Lipinski definition) is 1. The highest BCUT2D eigenvalue weighted by Gasteiger charge is 2.23. The zero-order valence-electron chi connectivity index (χ0n) is 15.6. The molecule has 0 saturated carbocycles. The van der Waals surface area contributed by atoms with Crippen LogP contribution in [0.3, 0.4) is 0 Å². The van der Waals surface area contributed by atoms with Crippen molar-refractivity contribution >= 4 is 17.4 Å². The van der Waals surface area contributed by atoms with Crippen molar-refractivity contribution in [3.8, 4) is 0 Å². The molecule has 0 saturated heterocycles. The Balaban J connectivity index is 1.45. The van der Waals surface area contributed by atoms with Gasteiger partial charge in [0.15, 0.2) is 0 Å². The van der Waals surface area contributed by atoms with Gasteiger partial charge in [0.2, 0.25) is 0 Å². The van der Waals surface area contributed by atoms with E-state index < -0.39 is 0 Å². The summed E-state index contributed by atoms with van der Waals surface area (Å²) >= 11 is 0. The number of anilines is 2. The van der Waals surface area contributed by atoms with Crippen LogP contribution in [0.1, 0.15) is 27.9 Å². The summed E-state index contributed by atoms with van der Waals surface area (Å²) in [6.45, 7) is 1.26. The molecule has 142 valence electrons. The molecule has 4 nitrogen and oxygen atoms in total. The van der Waals surface area contributed by atoms with E-state index in [1.807, 2.05) is 29.2 Å². The number of benzene rings is 2. The molecule has 0 radical (unpaired) electrons. The van der Waals surface area contributed by atoms with E-state index in [1.165, 1.54) is 11.6 Å². The number of amides is 1. The van der Waals surface area contributed by atoms with Gasteiger partial charge in [-0.05, 0) is 54.7 Å². The summed E-state index contributed by atoms with van der Waals surface area (Å²) in [7, 11) is 0. The Labute approximate surface area is 164 Å². The molecule has 1 amide bonds. The molecule has 1 N–H and O–H groups in total. The van der Waals surface area contributed by atoms with Crippen molar-refractivity contribution in [1.29, 1.82) is 0 Å². The monoisotopic (exact) mass is 375 g/mol. The highest BCUT2D eigenvalue weighted by atomic mass is 19.1. The number of rotatable bonds is 5. The second-order valence-electron chi connectivity index (χ2n) is 6.89. The predicted molar refractivity (Wildman–Crippen MR) is 109 cm³/mol. The highest BCUT2D eigenvalue weighted by Crippen LogP contribution is 2.28. The maximum Gasteiger partial charge on any atom is 0.258 e. The lowest BCUT2D eigenvalue weighted by molar-refractivity contribution is 0.0985. The maximum absolute atomic E-state index is 13.7. The third kappa shape index (κ3) is 3.88. The van der Waals surface area contributed by atoms with Gasteiger partial charge in [-0.25, -0.2) is 9.37 Å². The number of aromatic nitrogens is 1. The molecule has 3 aromatic rings. The number of nitrogens with one attached hydrogen (secondary N) is 1. The van der Waals surface area contributed by atoms with E-state index in [-0.39, 0.29) is 11.7 Å². The summed E-state index contributed by atoms with van der Waals surface area (Å²) in [6.07, 6.45) is 4.14. The Hall–Kier alpha value is -3.21. The molecule has 1 aromatic heterocycles. The van der Waals surface area contributed by atoms with Crippen LogP contribution >= 0.6 is 0 Å². The quantitative estimate of drug-likeness (QED) is 0.716. The van der Waals surface area contributed by atoms with Crippen LogP contribution in [-0.4, -0.2) is 24.0 Å². The minimum absolute atomic E-state index is 0.0216. The molecule has 0 spiro atoms. The van der Waals surface area contributed by atoms with Crippen molar-refractivity contribution in [2.75, 3.05) is 23.3 Å². The van der Waals surface area contributed by atoms with Gasteiger partial charge >= 0.3 is 0 Å². The second-order valence-corrected chi connectivity index (χ2v) is 6.89. The van der Waals surface area contributed by atoms with Gasteiger partial charge in [-0.3, -0.25) is 4.79 Å². The van der Waals surface area contributed by atoms with E-state index in [4.69, 9.17) is 0 Å². The van der Waals surface area contributed by atoms with Crippen LogP contribution in [0.25, 0.3) is 0 Å². The smallest absolute Gasteiger partial charge is 0.258 e. The van der Waals surface area contributed by atoms with Crippen LogP contribution < -0.4 is 10.2 Å². The zero-order chi connectivity index (χ0) is 19.3. The van der Waals surface area contributed by atoms with E-state index in [1.54, 1.807) is 30.5 Å². The average Bonchev–Trinajstić information content (AvgIpc) is 2.74. The summed E-state index contributed by atoms with van der Waals surface area (Å²) < 4.78 is 13.7. The summed E-state index contributed by atoms with van der Waals surface area (Å²) in [5, 5.41) is 3.19. The number of para-hydroxylation sites is 1. The van der Waals surface area contributed by atoms with Gasteiger partial charge < -0.3 is 10.2 Å². The number of fused-ring (bicyclic) bond motifs is 1. The number of carbonyl (C=O) groups is 1. The van der Waals surface area contributed by atoms with Crippen molar-refractivity contribution < 1.29 is 9.18 Å². The molecular weight excluding hydrogens is 353 g/mol. The topological polar surface area (TPSA) is 45.2 Å². The third-order valence-electron chi connectivity index (χ3n) is 5.02. The summed E-state index contributed by atoms with van der Waals surface area (Å²) in [4.78, 5) is 19.2. The Morgan fingerprint density at radius 2 is 1.93 bits per heavy atom. The standard InChI is InChI=1S/C23H22FN3O/c24-20-9-3-1-6-17(20)11-13-25-22-16-19(12-14-26-22)23(28)27-15-5-8-18-7-2-4-10-21(18)27/h1-4,6-7,9-10,12,14,16H,5,8,11,13,15H2,(H,25,26). The first-order valence-electron chi connectivity index (χ1n) is 9.55. The van der Waals surface area contributed by atoms with Crippen LogP contribution in [0.5, 0.6) is 0 Å². The fourth-order valence-corrected chi connectivity index (χ4v) is 3.59. The number of hydrogen-bond acceptors (Lipinski definition) is 3. The predicted octanol–water partition coefficient (Wildman–Crippen LogP) is 4.47. The first-order valence-corrected chi connectivity index (χ1v) is 9.55. The van der Waals surface area contributed by atoms with E-state index in [9.17, 15) is 9.18 Å². The molecule has 0 fully saturated rings. The highest BCUT2D eigenvalue weighted by molar-refractivity contribution is 6.07. The van der Waals surface area contributed by atoms with Crippen molar-refractivity contribution in [2.45, 2.75) is 19.3 Å².